The summed E-state index contributed by atoms with van der Waals surface area (Å²) in [5.41, 5.74) is 1.69. The second kappa shape index (κ2) is 6.03. The first-order valence-corrected chi connectivity index (χ1v) is 7.43. The lowest BCUT2D eigenvalue weighted by Crippen LogP contribution is -2.38. The molecular formula is C15H17ClN2O3. The predicted octanol–water partition coefficient (Wildman–Crippen LogP) is 1.67. The number of carbonyl (C=O) groups excluding carboxylic acids is 1. The van der Waals surface area contributed by atoms with Crippen LogP contribution in [0.3, 0.4) is 0 Å². The third-order valence-electron chi connectivity index (χ3n) is 3.98. The van der Waals surface area contributed by atoms with Crippen molar-refractivity contribution in [3.8, 4) is 0 Å². The Morgan fingerprint density at radius 3 is 2.86 bits per heavy atom. The van der Waals surface area contributed by atoms with Gasteiger partial charge < -0.3 is 14.8 Å². The second-order valence-electron chi connectivity index (χ2n) is 5.46. The van der Waals surface area contributed by atoms with Gasteiger partial charge in [-0.25, -0.2) is 0 Å². The summed E-state index contributed by atoms with van der Waals surface area (Å²) in [6.07, 6.45) is 0.772. The minimum Gasteiger partial charge on any atom is -0.396 e. The van der Waals surface area contributed by atoms with Crippen LogP contribution in [-0.4, -0.2) is 47.4 Å². The maximum atomic E-state index is 12.4. The summed E-state index contributed by atoms with van der Waals surface area (Å²) in [5, 5.41) is 13.8. The second-order valence-corrected chi connectivity index (χ2v) is 5.90. The van der Waals surface area contributed by atoms with Gasteiger partial charge in [0.1, 0.15) is 0 Å². The van der Waals surface area contributed by atoms with E-state index in [-0.39, 0.29) is 18.4 Å². The van der Waals surface area contributed by atoms with Crippen molar-refractivity contribution in [1.82, 2.24) is 4.90 Å². The molecule has 0 aromatic heterocycles. The topological polar surface area (TPSA) is 62.1 Å². The normalized spacial score (nSPS) is 24.9. The van der Waals surface area contributed by atoms with Crippen LogP contribution in [0, 0.1) is 5.92 Å². The summed E-state index contributed by atoms with van der Waals surface area (Å²) in [5.74, 6) is 0.144. The van der Waals surface area contributed by atoms with Gasteiger partial charge in [-0.05, 0) is 24.1 Å². The van der Waals surface area contributed by atoms with Crippen LogP contribution in [0.15, 0.2) is 29.4 Å². The number of aliphatic hydroxyl groups is 1. The summed E-state index contributed by atoms with van der Waals surface area (Å²) >= 11 is 5.86. The van der Waals surface area contributed by atoms with Gasteiger partial charge in [0.25, 0.3) is 5.91 Å². The fraction of sp³-hybridized carbons (Fsp3) is 0.467. The van der Waals surface area contributed by atoms with Crippen LogP contribution >= 0.6 is 11.6 Å². The molecule has 0 aliphatic carbocycles. The summed E-state index contributed by atoms with van der Waals surface area (Å²) in [4.78, 5) is 19.4. The molecule has 3 rings (SSSR count). The number of hydrogen-bond donors (Lipinski definition) is 1. The molecule has 0 spiro atoms. The van der Waals surface area contributed by atoms with Gasteiger partial charge in [-0.2, -0.15) is 0 Å². The Morgan fingerprint density at radius 1 is 1.43 bits per heavy atom. The first-order chi connectivity index (χ1) is 10.2. The molecule has 2 aliphatic heterocycles. The van der Waals surface area contributed by atoms with Crippen molar-refractivity contribution in [2.24, 2.45) is 11.1 Å². The van der Waals surface area contributed by atoms with Gasteiger partial charge in [0.05, 0.1) is 5.71 Å². The fourth-order valence-electron chi connectivity index (χ4n) is 2.71. The zero-order valence-corrected chi connectivity index (χ0v) is 12.3. The number of rotatable bonds is 3. The zero-order chi connectivity index (χ0) is 14.8. The van der Waals surface area contributed by atoms with Crippen molar-refractivity contribution < 1.29 is 14.7 Å². The summed E-state index contributed by atoms with van der Waals surface area (Å²) in [6, 6.07) is 7.33. The standard InChI is InChI=1S/C15H17ClN2O3/c16-12-3-1-11(2-4-12)13-7-14(21-17-13)15(20)18-6-5-10(8-18)9-19/h1-4,10,14,19H,5-9H2. The van der Waals surface area contributed by atoms with E-state index < -0.39 is 6.10 Å². The molecule has 6 heteroatoms. The summed E-state index contributed by atoms with van der Waals surface area (Å²) in [6.45, 7) is 1.41. The number of amides is 1. The number of nitrogens with zero attached hydrogens (tertiary/aromatic N) is 2. The molecule has 0 bridgehead atoms. The molecular weight excluding hydrogens is 292 g/mol. The van der Waals surface area contributed by atoms with Gasteiger partial charge in [-0.1, -0.05) is 28.9 Å². The lowest BCUT2D eigenvalue weighted by atomic mass is 10.0. The number of benzene rings is 1. The van der Waals surface area contributed by atoms with E-state index in [0.29, 0.717) is 24.5 Å². The van der Waals surface area contributed by atoms with Crippen LogP contribution in [-0.2, 0) is 9.63 Å². The highest BCUT2D eigenvalue weighted by Gasteiger charge is 2.35. The quantitative estimate of drug-likeness (QED) is 0.924. The van der Waals surface area contributed by atoms with Crippen LogP contribution in [0.25, 0.3) is 0 Å². The van der Waals surface area contributed by atoms with E-state index >= 15 is 0 Å². The minimum absolute atomic E-state index is 0.0429. The Labute approximate surface area is 128 Å². The van der Waals surface area contributed by atoms with Gasteiger partial charge >= 0.3 is 0 Å². The van der Waals surface area contributed by atoms with E-state index in [2.05, 4.69) is 5.16 Å². The highest BCUT2D eigenvalue weighted by atomic mass is 35.5. The van der Waals surface area contributed by atoms with Crippen LogP contribution in [0.5, 0.6) is 0 Å². The van der Waals surface area contributed by atoms with Crippen molar-refractivity contribution >= 4 is 23.2 Å². The summed E-state index contributed by atoms with van der Waals surface area (Å²) < 4.78 is 0. The highest BCUT2D eigenvalue weighted by molar-refractivity contribution is 6.30. The van der Waals surface area contributed by atoms with E-state index in [4.69, 9.17) is 21.5 Å². The van der Waals surface area contributed by atoms with Gasteiger partial charge in [-0.3, -0.25) is 4.79 Å². The largest absolute Gasteiger partial charge is 0.396 e. The molecule has 1 aromatic rings. The van der Waals surface area contributed by atoms with Gasteiger partial charge in [-0.15, -0.1) is 0 Å². The minimum atomic E-state index is -0.548. The van der Waals surface area contributed by atoms with E-state index in [9.17, 15) is 4.79 Å². The first-order valence-electron chi connectivity index (χ1n) is 7.05. The SMILES string of the molecule is O=C(C1CC(c2ccc(Cl)cc2)=NO1)N1CCC(CO)C1. The first kappa shape index (κ1) is 14.4. The predicted molar refractivity (Wildman–Crippen MR) is 79.3 cm³/mol. The number of hydrogen-bond acceptors (Lipinski definition) is 4. The number of oxime groups is 1. The Morgan fingerprint density at radius 2 is 2.19 bits per heavy atom. The molecule has 1 fully saturated rings. The Kier molecular flexibility index (Phi) is 4.12. The number of carbonyl (C=O) groups is 1. The molecule has 1 N–H and O–H groups in total. The van der Waals surface area contributed by atoms with Crippen molar-refractivity contribution in [1.29, 1.82) is 0 Å². The smallest absolute Gasteiger partial charge is 0.266 e. The van der Waals surface area contributed by atoms with Crippen molar-refractivity contribution in [3.05, 3.63) is 34.9 Å². The number of halogens is 1. The lowest BCUT2D eigenvalue weighted by molar-refractivity contribution is -0.141. The molecule has 2 aliphatic rings. The molecule has 0 saturated carbocycles. The van der Waals surface area contributed by atoms with Crippen LogP contribution in [0.2, 0.25) is 5.02 Å². The molecule has 1 amide bonds. The van der Waals surface area contributed by atoms with E-state index in [1.807, 2.05) is 12.1 Å². The van der Waals surface area contributed by atoms with Crippen LogP contribution < -0.4 is 0 Å². The third kappa shape index (κ3) is 3.04. The molecule has 112 valence electrons. The zero-order valence-electron chi connectivity index (χ0n) is 11.5. The molecule has 21 heavy (non-hydrogen) atoms. The van der Waals surface area contributed by atoms with Crippen LogP contribution in [0.4, 0.5) is 0 Å². The number of aliphatic hydroxyl groups excluding tert-OH is 1. The van der Waals surface area contributed by atoms with E-state index in [1.165, 1.54) is 0 Å². The van der Waals surface area contributed by atoms with Gasteiger partial charge in [0, 0.05) is 37.1 Å². The highest BCUT2D eigenvalue weighted by Crippen LogP contribution is 2.23. The van der Waals surface area contributed by atoms with Crippen molar-refractivity contribution in [2.45, 2.75) is 18.9 Å². The summed E-state index contributed by atoms with van der Waals surface area (Å²) in [7, 11) is 0. The molecule has 0 radical (unpaired) electrons. The van der Waals surface area contributed by atoms with E-state index in [0.717, 1.165) is 17.7 Å². The molecule has 1 aromatic carbocycles. The molecule has 2 heterocycles. The fourth-order valence-corrected chi connectivity index (χ4v) is 2.83. The van der Waals surface area contributed by atoms with E-state index in [1.54, 1.807) is 17.0 Å². The maximum absolute atomic E-state index is 12.4. The molecule has 5 nitrogen and oxygen atoms in total. The third-order valence-corrected chi connectivity index (χ3v) is 4.23. The van der Waals surface area contributed by atoms with Crippen molar-refractivity contribution in [2.75, 3.05) is 19.7 Å². The average Bonchev–Trinajstić information content (AvgIpc) is 3.16. The van der Waals surface area contributed by atoms with Gasteiger partial charge in [0.2, 0.25) is 6.10 Å². The Balaban J connectivity index is 1.61. The molecule has 2 atom stereocenters. The Hall–Kier alpha value is -1.59. The Bertz CT molecular complexity index is 559. The lowest BCUT2D eigenvalue weighted by Gasteiger charge is -2.18. The van der Waals surface area contributed by atoms with Crippen molar-refractivity contribution in [3.63, 3.8) is 0 Å². The average molecular weight is 309 g/mol. The molecule has 1 saturated heterocycles. The van der Waals surface area contributed by atoms with Gasteiger partial charge in [0.15, 0.2) is 0 Å². The monoisotopic (exact) mass is 308 g/mol. The number of likely N-dealkylation sites (tertiary alicyclic amines) is 1. The maximum Gasteiger partial charge on any atom is 0.266 e. The molecule has 2 unspecified atom stereocenters. The van der Waals surface area contributed by atoms with Crippen LogP contribution in [0.1, 0.15) is 18.4 Å².